The third kappa shape index (κ3) is 2.59. The molecule has 2 fully saturated rings. The first-order chi connectivity index (χ1) is 11.0. The van der Waals surface area contributed by atoms with E-state index in [0.29, 0.717) is 16.6 Å². The van der Waals surface area contributed by atoms with Crippen LogP contribution in [0.1, 0.15) is 29.8 Å². The van der Waals surface area contributed by atoms with E-state index in [-0.39, 0.29) is 11.1 Å². The molecule has 4 rings (SSSR count). The first kappa shape index (κ1) is 14.3. The molecule has 23 heavy (non-hydrogen) atoms. The smallest absolute Gasteiger partial charge is 0.290 e. The summed E-state index contributed by atoms with van der Waals surface area (Å²) in [5.74, 6) is 0.532. The SMILES string of the molecule is Cc1cc(NC2CC2)n2nc(C)c(/C=C3/SC(=O)NC3=O)c2n1. The van der Waals surface area contributed by atoms with E-state index in [2.05, 4.69) is 20.7 Å². The number of carbonyl (C=O) groups is 2. The van der Waals surface area contributed by atoms with Crippen LogP contribution >= 0.6 is 11.8 Å². The molecule has 1 saturated carbocycles. The molecule has 2 aromatic heterocycles. The molecule has 2 amide bonds. The Bertz CT molecular complexity index is 882. The van der Waals surface area contributed by atoms with E-state index >= 15 is 0 Å². The third-order valence-corrected chi connectivity index (χ3v) is 4.59. The molecule has 118 valence electrons. The quantitative estimate of drug-likeness (QED) is 0.840. The van der Waals surface area contributed by atoms with E-state index in [1.54, 1.807) is 10.6 Å². The van der Waals surface area contributed by atoms with Crippen LogP contribution in [0.15, 0.2) is 11.0 Å². The largest absolute Gasteiger partial charge is 0.367 e. The molecule has 0 radical (unpaired) electrons. The van der Waals surface area contributed by atoms with Crippen LogP contribution < -0.4 is 10.6 Å². The number of aromatic nitrogens is 3. The summed E-state index contributed by atoms with van der Waals surface area (Å²) >= 11 is 0.899. The van der Waals surface area contributed by atoms with Gasteiger partial charge in [0.2, 0.25) is 0 Å². The number of anilines is 1. The molecule has 0 aromatic carbocycles. The Morgan fingerprint density at radius 1 is 1.39 bits per heavy atom. The monoisotopic (exact) mass is 329 g/mol. The van der Waals surface area contributed by atoms with Crippen LogP contribution in [0.3, 0.4) is 0 Å². The van der Waals surface area contributed by atoms with Gasteiger partial charge in [-0.05, 0) is 44.5 Å². The number of nitrogens with one attached hydrogen (secondary N) is 2. The molecule has 0 bridgehead atoms. The van der Waals surface area contributed by atoms with Crippen LogP contribution in [0, 0.1) is 13.8 Å². The van der Waals surface area contributed by atoms with Crippen LogP contribution in [0.4, 0.5) is 10.6 Å². The average Bonchev–Trinajstić information content (AvgIpc) is 3.16. The van der Waals surface area contributed by atoms with Crippen molar-refractivity contribution in [1.29, 1.82) is 0 Å². The van der Waals surface area contributed by atoms with Crippen molar-refractivity contribution >= 4 is 40.4 Å². The Labute approximate surface area is 136 Å². The lowest BCUT2D eigenvalue weighted by atomic mass is 10.2. The number of amides is 2. The van der Waals surface area contributed by atoms with Crippen LogP contribution in [-0.4, -0.2) is 31.8 Å². The number of hydrogen-bond acceptors (Lipinski definition) is 6. The molecule has 2 aliphatic rings. The average molecular weight is 329 g/mol. The van der Waals surface area contributed by atoms with E-state index in [4.69, 9.17) is 0 Å². The summed E-state index contributed by atoms with van der Waals surface area (Å²) in [5.41, 5.74) is 3.09. The van der Waals surface area contributed by atoms with Gasteiger partial charge in [0, 0.05) is 23.4 Å². The van der Waals surface area contributed by atoms with Crippen molar-refractivity contribution < 1.29 is 9.59 Å². The van der Waals surface area contributed by atoms with Gasteiger partial charge < -0.3 is 5.32 Å². The zero-order valence-corrected chi connectivity index (χ0v) is 13.5. The Kier molecular flexibility index (Phi) is 3.15. The fourth-order valence-electron chi connectivity index (χ4n) is 2.52. The van der Waals surface area contributed by atoms with Gasteiger partial charge in [0.15, 0.2) is 5.65 Å². The van der Waals surface area contributed by atoms with Crippen molar-refractivity contribution in [2.24, 2.45) is 0 Å². The van der Waals surface area contributed by atoms with Gasteiger partial charge in [-0.15, -0.1) is 0 Å². The molecule has 1 aliphatic carbocycles. The van der Waals surface area contributed by atoms with E-state index in [1.807, 2.05) is 19.9 Å². The molecule has 2 aromatic rings. The van der Waals surface area contributed by atoms with Crippen molar-refractivity contribution in [3.63, 3.8) is 0 Å². The number of fused-ring (bicyclic) bond motifs is 1. The fraction of sp³-hybridized carbons (Fsp3) is 0.333. The van der Waals surface area contributed by atoms with Crippen molar-refractivity contribution in [3.05, 3.63) is 27.9 Å². The van der Waals surface area contributed by atoms with Crippen molar-refractivity contribution in [1.82, 2.24) is 19.9 Å². The predicted molar refractivity (Wildman–Crippen MR) is 88.2 cm³/mol. The van der Waals surface area contributed by atoms with E-state index in [9.17, 15) is 9.59 Å². The minimum absolute atomic E-state index is 0.351. The van der Waals surface area contributed by atoms with Gasteiger partial charge in [-0.1, -0.05) is 0 Å². The van der Waals surface area contributed by atoms with Crippen LogP contribution in [0.2, 0.25) is 0 Å². The molecule has 1 aliphatic heterocycles. The highest BCUT2D eigenvalue weighted by Gasteiger charge is 2.27. The number of hydrogen-bond donors (Lipinski definition) is 2. The van der Waals surface area contributed by atoms with Gasteiger partial charge in [-0.2, -0.15) is 9.61 Å². The van der Waals surface area contributed by atoms with Crippen molar-refractivity contribution in [2.45, 2.75) is 32.7 Å². The first-order valence-corrected chi connectivity index (χ1v) is 8.21. The Balaban J connectivity index is 1.85. The maximum absolute atomic E-state index is 11.8. The van der Waals surface area contributed by atoms with Crippen molar-refractivity contribution in [2.75, 3.05) is 5.32 Å². The second kappa shape index (κ2) is 5.09. The number of nitrogens with zero attached hydrogens (tertiary/aromatic N) is 3. The second-order valence-electron chi connectivity index (χ2n) is 5.79. The molecule has 2 N–H and O–H groups in total. The van der Waals surface area contributed by atoms with Crippen LogP contribution in [0.25, 0.3) is 11.7 Å². The summed E-state index contributed by atoms with van der Waals surface area (Å²) in [6, 6.07) is 2.47. The molecule has 7 nitrogen and oxygen atoms in total. The minimum atomic E-state index is -0.372. The van der Waals surface area contributed by atoms with Crippen LogP contribution in [0.5, 0.6) is 0 Å². The zero-order chi connectivity index (χ0) is 16.1. The number of aryl methyl sites for hydroxylation is 2. The van der Waals surface area contributed by atoms with E-state index in [1.165, 1.54) is 12.8 Å². The predicted octanol–water partition coefficient (Wildman–Crippen LogP) is 2.24. The summed E-state index contributed by atoms with van der Waals surface area (Å²) in [4.78, 5) is 28.0. The first-order valence-electron chi connectivity index (χ1n) is 7.39. The maximum Gasteiger partial charge on any atom is 0.290 e. The molecule has 3 heterocycles. The summed E-state index contributed by atoms with van der Waals surface area (Å²) in [6.45, 7) is 3.80. The summed E-state index contributed by atoms with van der Waals surface area (Å²) in [7, 11) is 0. The van der Waals surface area contributed by atoms with Crippen molar-refractivity contribution in [3.8, 4) is 0 Å². The molecular formula is C15H15N5O2S. The van der Waals surface area contributed by atoms with Gasteiger partial charge >= 0.3 is 0 Å². The third-order valence-electron chi connectivity index (χ3n) is 3.78. The zero-order valence-electron chi connectivity index (χ0n) is 12.7. The summed E-state index contributed by atoms with van der Waals surface area (Å²) in [5, 5.41) is 9.90. The minimum Gasteiger partial charge on any atom is -0.367 e. The maximum atomic E-state index is 11.8. The van der Waals surface area contributed by atoms with Gasteiger partial charge in [0.05, 0.1) is 10.6 Å². The fourth-order valence-corrected chi connectivity index (χ4v) is 3.19. The van der Waals surface area contributed by atoms with Gasteiger partial charge in [-0.3, -0.25) is 14.9 Å². The highest BCUT2D eigenvalue weighted by atomic mass is 32.2. The van der Waals surface area contributed by atoms with Gasteiger partial charge in [0.25, 0.3) is 11.1 Å². The number of carbonyl (C=O) groups excluding carboxylic acids is 2. The van der Waals surface area contributed by atoms with Gasteiger partial charge in [0.1, 0.15) is 5.82 Å². The Morgan fingerprint density at radius 3 is 2.83 bits per heavy atom. The standard InChI is InChI=1S/C15H15N5O2S/c1-7-5-12(17-9-3-4-9)20-13(16-7)10(8(2)19-20)6-11-14(21)18-15(22)23-11/h5-6,9,17H,3-4H2,1-2H3,(H,18,21,22)/b11-6+. The number of rotatable bonds is 3. The topological polar surface area (TPSA) is 88.4 Å². The highest BCUT2D eigenvalue weighted by Crippen LogP contribution is 2.30. The molecular weight excluding hydrogens is 314 g/mol. The molecule has 0 spiro atoms. The second-order valence-corrected chi connectivity index (χ2v) is 6.80. The Hall–Kier alpha value is -2.35. The molecule has 1 saturated heterocycles. The lowest BCUT2D eigenvalue weighted by Gasteiger charge is -2.08. The van der Waals surface area contributed by atoms with E-state index in [0.717, 1.165) is 34.5 Å². The van der Waals surface area contributed by atoms with Crippen LogP contribution in [-0.2, 0) is 4.79 Å². The lowest BCUT2D eigenvalue weighted by Crippen LogP contribution is -2.17. The highest BCUT2D eigenvalue weighted by molar-refractivity contribution is 8.18. The molecule has 0 atom stereocenters. The summed E-state index contributed by atoms with van der Waals surface area (Å²) in [6.07, 6.45) is 4.02. The normalized spacial score (nSPS) is 19.7. The summed E-state index contributed by atoms with van der Waals surface area (Å²) < 4.78 is 1.77. The lowest BCUT2D eigenvalue weighted by molar-refractivity contribution is -0.115. The Morgan fingerprint density at radius 2 is 2.17 bits per heavy atom. The number of imide groups is 1. The van der Waals surface area contributed by atoms with Gasteiger partial charge in [-0.25, -0.2) is 4.98 Å². The molecule has 0 unspecified atom stereocenters. The molecule has 8 heteroatoms. The number of thioether (sulfide) groups is 1. The van der Waals surface area contributed by atoms with E-state index < -0.39 is 0 Å².